The lowest BCUT2D eigenvalue weighted by molar-refractivity contribution is 0.297. The number of benzene rings is 1. The first kappa shape index (κ1) is 12.2. The van der Waals surface area contributed by atoms with Crippen molar-refractivity contribution in [2.45, 2.75) is 31.8 Å². The molecule has 4 heteroatoms. The molecule has 0 amide bonds. The zero-order chi connectivity index (χ0) is 13.1. The molecule has 0 saturated heterocycles. The Kier molecular flexibility index (Phi) is 3.51. The van der Waals surface area contributed by atoms with Gasteiger partial charge >= 0.3 is 0 Å². The first-order chi connectivity index (χ1) is 9.33. The van der Waals surface area contributed by atoms with Crippen molar-refractivity contribution in [2.24, 2.45) is 5.73 Å². The molecule has 1 aromatic heterocycles. The Hall–Kier alpha value is -1.81. The maximum absolute atomic E-state index is 6.11. The van der Waals surface area contributed by atoms with E-state index in [-0.39, 0.29) is 6.04 Å². The van der Waals surface area contributed by atoms with E-state index in [9.17, 15) is 0 Å². The van der Waals surface area contributed by atoms with Gasteiger partial charge in [-0.2, -0.15) is 0 Å². The molecule has 0 spiro atoms. The smallest absolute Gasteiger partial charge is 0.119 e. The highest BCUT2D eigenvalue weighted by molar-refractivity contribution is 5.38. The predicted molar refractivity (Wildman–Crippen MR) is 74.0 cm³/mol. The average Bonchev–Trinajstić information content (AvgIpc) is 2.92. The van der Waals surface area contributed by atoms with Crippen molar-refractivity contribution < 1.29 is 4.74 Å². The lowest BCUT2D eigenvalue weighted by atomic mass is 9.88. The number of nitrogens with zero attached hydrogens (tertiary/aromatic N) is 2. The number of aryl methyl sites for hydroxylation is 1. The molecule has 1 atom stereocenters. The number of aromatic nitrogens is 2. The van der Waals surface area contributed by atoms with E-state index < -0.39 is 0 Å². The third-order valence-corrected chi connectivity index (χ3v) is 3.65. The number of nitrogens with two attached hydrogens (primary N) is 1. The highest BCUT2D eigenvalue weighted by Crippen LogP contribution is 2.30. The van der Waals surface area contributed by atoms with Crippen molar-refractivity contribution in [1.82, 2.24) is 9.55 Å². The Balaban J connectivity index is 1.62. The second-order valence-corrected chi connectivity index (χ2v) is 5.01. The summed E-state index contributed by atoms with van der Waals surface area (Å²) in [5, 5.41) is 0. The highest BCUT2D eigenvalue weighted by atomic mass is 16.5. The van der Waals surface area contributed by atoms with E-state index in [1.165, 1.54) is 17.5 Å². The standard InChI is InChI=1S/C15H19N3O/c16-15-3-1-2-12-10-13(4-5-14(12)15)19-9-8-18-7-6-17-11-18/h4-7,10-11,15H,1-3,8-9,16H2. The number of hydrogen-bond donors (Lipinski definition) is 1. The molecule has 2 aromatic rings. The van der Waals surface area contributed by atoms with Crippen LogP contribution in [-0.4, -0.2) is 16.2 Å². The van der Waals surface area contributed by atoms with Crippen LogP contribution in [-0.2, 0) is 13.0 Å². The van der Waals surface area contributed by atoms with Crippen LogP contribution in [0.2, 0.25) is 0 Å². The van der Waals surface area contributed by atoms with Gasteiger partial charge in [0.1, 0.15) is 12.4 Å². The third kappa shape index (κ3) is 2.79. The lowest BCUT2D eigenvalue weighted by Crippen LogP contribution is -2.17. The monoisotopic (exact) mass is 257 g/mol. The van der Waals surface area contributed by atoms with E-state index in [4.69, 9.17) is 10.5 Å². The summed E-state index contributed by atoms with van der Waals surface area (Å²) in [6.45, 7) is 1.47. The summed E-state index contributed by atoms with van der Waals surface area (Å²) < 4.78 is 7.80. The van der Waals surface area contributed by atoms with Gasteiger partial charge < -0.3 is 15.0 Å². The molecule has 1 unspecified atom stereocenters. The van der Waals surface area contributed by atoms with Crippen LogP contribution in [0, 0.1) is 0 Å². The molecule has 4 nitrogen and oxygen atoms in total. The van der Waals surface area contributed by atoms with E-state index in [0.717, 1.165) is 25.1 Å². The molecule has 0 aliphatic heterocycles. The fourth-order valence-electron chi connectivity index (χ4n) is 2.61. The van der Waals surface area contributed by atoms with Crippen molar-refractivity contribution in [3.63, 3.8) is 0 Å². The summed E-state index contributed by atoms with van der Waals surface area (Å²) in [6, 6.07) is 6.48. The topological polar surface area (TPSA) is 53.1 Å². The Morgan fingerprint density at radius 2 is 2.37 bits per heavy atom. The molecule has 0 radical (unpaired) electrons. The van der Waals surface area contributed by atoms with Gasteiger partial charge in [-0.15, -0.1) is 0 Å². The number of rotatable bonds is 4. The minimum absolute atomic E-state index is 0.198. The van der Waals surface area contributed by atoms with Crippen LogP contribution in [0.1, 0.15) is 30.0 Å². The summed E-state index contributed by atoms with van der Waals surface area (Å²) >= 11 is 0. The summed E-state index contributed by atoms with van der Waals surface area (Å²) in [5.41, 5.74) is 8.74. The first-order valence-electron chi connectivity index (χ1n) is 6.80. The highest BCUT2D eigenvalue weighted by Gasteiger charge is 2.16. The van der Waals surface area contributed by atoms with Crippen molar-refractivity contribution >= 4 is 0 Å². The summed E-state index contributed by atoms with van der Waals surface area (Å²) in [7, 11) is 0. The van der Waals surface area contributed by atoms with E-state index in [1.54, 1.807) is 12.5 Å². The van der Waals surface area contributed by atoms with Crippen molar-refractivity contribution in [3.05, 3.63) is 48.0 Å². The van der Waals surface area contributed by atoms with E-state index in [2.05, 4.69) is 17.1 Å². The van der Waals surface area contributed by atoms with Crippen LogP contribution in [0.15, 0.2) is 36.9 Å². The fraction of sp³-hybridized carbons (Fsp3) is 0.400. The lowest BCUT2D eigenvalue weighted by Gasteiger charge is -2.22. The third-order valence-electron chi connectivity index (χ3n) is 3.65. The molecule has 1 aliphatic carbocycles. The van der Waals surface area contributed by atoms with E-state index in [1.807, 2.05) is 16.8 Å². The Bertz CT molecular complexity index is 536. The molecule has 3 rings (SSSR count). The van der Waals surface area contributed by atoms with Crippen molar-refractivity contribution in [1.29, 1.82) is 0 Å². The number of hydrogen-bond acceptors (Lipinski definition) is 3. The molecule has 1 heterocycles. The second kappa shape index (κ2) is 5.45. The normalized spacial score (nSPS) is 18.1. The minimum atomic E-state index is 0.198. The molecule has 1 aromatic carbocycles. The van der Waals surface area contributed by atoms with Crippen molar-refractivity contribution in [3.8, 4) is 5.75 Å². The zero-order valence-electron chi connectivity index (χ0n) is 11.0. The van der Waals surface area contributed by atoms with Crippen LogP contribution in [0.25, 0.3) is 0 Å². The molecule has 2 N–H and O–H groups in total. The van der Waals surface area contributed by atoms with Gasteiger partial charge in [0, 0.05) is 18.4 Å². The minimum Gasteiger partial charge on any atom is -0.492 e. The van der Waals surface area contributed by atoms with Crippen molar-refractivity contribution in [2.75, 3.05) is 6.61 Å². The van der Waals surface area contributed by atoms with Gasteiger partial charge in [-0.25, -0.2) is 4.98 Å². The van der Waals surface area contributed by atoms with E-state index in [0.29, 0.717) is 6.61 Å². The van der Waals surface area contributed by atoms with Gasteiger partial charge in [0.2, 0.25) is 0 Å². The number of imidazole rings is 1. The molecular formula is C15H19N3O. The molecule has 0 fully saturated rings. The zero-order valence-corrected chi connectivity index (χ0v) is 11.0. The van der Waals surface area contributed by atoms with Gasteiger partial charge in [-0.1, -0.05) is 6.07 Å². The maximum Gasteiger partial charge on any atom is 0.119 e. The van der Waals surface area contributed by atoms with Crippen LogP contribution in [0.5, 0.6) is 5.75 Å². The van der Waals surface area contributed by atoms with Crippen LogP contribution in [0.4, 0.5) is 0 Å². The van der Waals surface area contributed by atoms with Gasteiger partial charge in [0.15, 0.2) is 0 Å². The van der Waals surface area contributed by atoms with Gasteiger partial charge in [0.05, 0.1) is 12.9 Å². The molecule has 19 heavy (non-hydrogen) atoms. The molecular weight excluding hydrogens is 238 g/mol. The number of ether oxygens (including phenoxy) is 1. The summed E-state index contributed by atoms with van der Waals surface area (Å²) in [4.78, 5) is 4.01. The molecule has 100 valence electrons. The quantitative estimate of drug-likeness (QED) is 0.914. The molecule has 0 bridgehead atoms. The Labute approximate surface area is 113 Å². The SMILES string of the molecule is NC1CCCc2cc(OCCn3ccnc3)ccc21. The number of fused-ring (bicyclic) bond motifs is 1. The van der Waals surface area contributed by atoms with Gasteiger partial charge in [0.25, 0.3) is 0 Å². The predicted octanol–water partition coefficient (Wildman–Crippen LogP) is 2.30. The van der Waals surface area contributed by atoms with Gasteiger partial charge in [-0.3, -0.25) is 0 Å². The average molecular weight is 257 g/mol. The molecule has 0 saturated carbocycles. The second-order valence-electron chi connectivity index (χ2n) is 5.01. The van der Waals surface area contributed by atoms with Crippen LogP contribution < -0.4 is 10.5 Å². The Morgan fingerprint density at radius 3 is 3.21 bits per heavy atom. The summed E-state index contributed by atoms with van der Waals surface area (Å²) in [5.74, 6) is 0.938. The van der Waals surface area contributed by atoms with Gasteiger partial charge in [-0.05, 0) is 42.5 Å². The largest absolute Gasteiger partial charge is 0.492 e. The fourth-order valence-corrected chi connectivity index (χ4v) is 2.61. The Morgan fingerprint density at radius 1 is 1.42 bits per heavy atom. The molecule has 1 aliphatic rings. The van der Waals surface area contributed by atoms with Crippen LogP contribution >= 0.6 is 0 Å². The maximum atomic E-state index is 6.11. The van der Waals surface area contributed by atoms with Crippen LogP contribution in [0.3, 0.4) is 0 Å². The van der Waals surface area contributed by atoms with E-state index >= 15 is 0 Å². The summed E-state index contributed by atoms with van der Waals surface area (Å²) in [6.07, 6.45) is 8.90. The first-order valence-corrected chi connectivity index (χ1v) is 6.80.